The number of carbonyl (C=O) groups is 2. The summed E-state index contributed by atoms with van der Waals surface area (Å²) in [6, 6.07) is 3.60. The first-order valence-corrected chi connectivity index (χ1v) is 5.75. The van der Waals surface area contributed by atoms with E-state index in [0.717, 1.165) is 0 Å². The molecule has 0 aromatic heterocycles. The second-order valence-corrected chi connectivity index (χ2v) is 4.31. The largest absolute Gasteiger partial charge is 0.484 e. The molecule has 5 nitrogen and oxygen atoms in total. The summed E-state index contributed by atoms with van der Waals surface area (Å²) in [7, 11) is 0. The Kier molecular flexibility index (Phi) is 5.25. The van der Waals surface area contributed by atoms with Crippen molar-refractivity contribution in [1.29, 1.82) is 0 Å². The molecule has 0 aliphatic heterocycles. The minimum absolute atomic E-state index is 0.296. The summed E-state index contributed by atoms with van der Waals surface area (Å²) in [6.45, 7) is 1.06. The lowest BCUT2D eigenvalue weighted by atomic mass is 10.3. The van der Waals surface area contributed by atoms with Crippen LogP contribution in [0.5, 0.6) is 5.75 Å². The summed E-state index contributed by atoms with van der Waals surface area (Å²) in [6.07, 6.45) is 0. The van der Waals surface area contributed by atoms with Crippen LogP contribution < -0.4 is 10.1 Å². The average Bonchev–Trinajstić information content (AvgIpc) is 2.30. The van der Waals surface area contributed by atoms with E-state index in [2.05, 4.69) is 5.32 Å². The number of hydrogen-bond donors (Lipinski definition) is 2. The normalized spacial score (nSPS) is 11.7. The maximum atomic E-state index is 11.3. The highest BCUT2D eigenvalue weighted by atomic mass is 35.5. The molecule has 0 aliphatic carbocycles. The molecule has 1 atom stereocenters. The molecule has 0 fully saturated rings. The smallest absolute Gasteiger partial charge is 0.325 e. The first kappa shape index (κ1) is 14.6. The number of aliphatic carboxylic acids is 1. The Morgan fingerprint density at radius 1 is 1.39 bits per heavy atom. The maximum absolute atomic E-state index is 11.3. The van der Waals surface area contributed by atoms with Gasteiger partial charge in [-0.1, -0.05) is 23.2 Å². The van der Waals surface area contributed by atoms with E-state index >= 15 is 0 Å². The number of ether oxygens (including phenoxy) is 1. The van der Waals surface area contributed by atoms with Crippen LogP contribution in [0.3, 0.4) is 0 Å². The van der Waals surface area contributed by atoms with Gasteiger partial charge in [-0.3, -0.25) is 9.59 Å². The van der Waals surface area contributed by atoms with Gasteiger partial charge in [-0.05, 0) is 19.1 Å². The Balaban J connectivity index is 2.47. The molecule has 1 amide bonds. The van der Waals surface area contributed by atoms with Crippen LogP contribution in [0, 0.1) is 0 Å². The molecule has 0 aliphatic rings. The van der Waals surface area contributed by atoms with Gasteiger partial charge in [-0.15, -0.1) is 0 Å². The average molecular weight is 292 g/mol. The van der Waals surface area contributed by atoms with E-state index in [1.54, 1.807) is 6.07 Å². The van der Waals surface area contributed by atoms with E-state index in [0.29, 0.717) is 15.8 Å². The van der Waals surface area contributed by atoms with Gasteiger partial charge < -0.3 is 15.2 Å². The van der Waals surface area contributed by atoms with Crippen molar-refractivity contribution in [1.82, 2.24) is 5.32 Å². The van der Waals surface area contributed by atoms with E-state index in [9.17, 15) is 9.59 Å². The van der Waals surface area contributed by atoms with Crippen molar-refractivity contribution in [3.63, 3.8) is 0 Å². The van der Waals surface area contributed by atoms with E-state index in [1.807, 2.05) is 0 Å². The summed E-state index contributed by atoms with van der Waals surface area (Å²) in [4.78, 5) is 21.8. The molecule has 0 saturated heterocycles. The molecule has 18 heavy (non-hydrogen) atoms. The van der Waals surface area contributed by atoms with Crippen molar-refractivity contribution in [2.24, 2.45) is 0 Å². The quantitative estimate of drug-likeness (QED) is 0.870. The molecule has 0 saturated carbocycles. The second kappa shape index (κ2) is 6.47. The molecule has 98 valence electrons. The third kappa shape index (κ3) is 4.43. The van der Waals surface area contributed by atoms with E-state index in [1.165, 1.54) is 19.1 Å². The van der Waals surface area contributed by atoms with Crippen LogP contribution in [0.4, 0.5) is 0 Å². The van der Waals surface area contributed by atoms with Gasteiger partial charge in [0.2, 0.25) is 0 Å². The Hall–Kier alpha value is -1.46. The Labute approximate surface area is 114 Å². The van der Waals surface area contributed by atoms with Gasteiger partial charge in [0.15, 0.2) is 6.61 Å². The van der Waals surface area contributed by atoms with Crippen LogP contribution in [0.15, 0.2) is 18.2 Å². The third-order valence-corrected chi connectivity index (χ3v) is 2.75. The second-order valence-electron chi connectivity index (χ2n) is 3.49. The number of carboxylic acid groups (broad SMARTS) is 1. The van der Waals surface area contributed by atoms with Gasteiger partial charge in [0, 0.05) is 6.07 Å². The molecule has 1 aromatic carbocycles. The highest BCUT2D eigenvalue weighted by molar-refractivity contribution is 6.42. The fourth-order valence-corrected chi connectivity index (χ4v) is 1.35. The number of rotatable bonds is 5. The van der Waals surface area contributed by atoms with E-state index < -0.39 is 17.9 Å². The number of hydrogen-bond acceptors (Lipinski definition) is 3. The zero-order valence-corrected chi connectivity index (χ0v) is 11.0. The molecule has 7 heteroatoms. The number of carbonyl (C=O) groups excluding carboxylic acids is 1. The summed E-state index contributed by atoms with van der Waals surface area (Å²) in [5.41, 5.74) is 0. The molecule has 2 N–H and O–H groups in total. The lowest BCUT2D eigenvalue weighted by Crippen LogP contribution is -2.40. The first-order valence-electron chi connectivity index (χ1n) is 5.00. The van der Waals surface area contributed by atoms with Crippen LogP contribution in [0.2, 0.25) is 10.0 Å². The zero-order valence-electron chi connectivity index (χ0n) is 9.44. The van der Waals surface area contributed by atoms with Crippen molar-refractivity contribution in [3.8, 4) is 5.75 Å². The number of carboxylic acids is 1. The fourth-order valence-electron chi connectivity index (χ4n) is 1.06. The van der Waals surface area contributed by atoms with Gasteiger partial charge >= 0.3 is 5.97 Å². The topological polar surface area (TPSA) is 75.6 Å². The Morgan fingerprint density at radius 2 is 2.06 bits per heavy atom. The van der Waals surface area contributed by atoms with Crippen molar-refractivity contribution >= 4 is 35.1 Å². The summed E-state index contributed by atoms with van der Waals surface area (Å²) in [5, 5.41) is 11.5. The van der Waals surface area contributed by atoms with Gasteiger partial charge in [0.25, 0.3) is 5.91 Å². The standard InChI is InChI=1S/C11H11Cl2NO4/c1-6(11(16)17)14-10(15)5-18-7-2-3-8(12)9(13)4-7/h2-4,6H,5H2,1H3,(H,14,15)(H,16,17). The third-order valence-electron chi connectivity index (χ3n) is 2.01. The van der Waals surface area contributed by atoms with Gasteiger partial charge in [-0.2, -0.15) is 0 Å². The highest BCUT2D eigenvalue weighted by Gasteiger charge is 2.14. The predicted octanol–water partition coefficient (Wildman–Crippen LogP) is 1.96. The first-order chi connectivity index (χ1) is 8.40. The molecule has 0 spiro atoms. The monoisotopic (exact) mass is 291 g/mol. The lowest BCUT2D eigenvalue weighted by molar-refractivity contribution is -0.141. The summed E-state index contributed by atoms with van der Waals surface area (Å²) < 4.78 is 5.14. The molecule has 1 aromatic rings. The summed E-state index contributed by atoms with van der Waals surface area (Å²) in [5.74, 6) is -1.27. The molecule has 0 radical (unpaired) electrons. The SMILES string of the molecule is CC(NC(=O)COc1ccc(Cl)c(Cl)c1)C(=O)O. The maximum Gasteiger partial charge on any atom is 0.325 e. The molecule has 0 heterocycles. The molecule has 1 rings (SSSR count). The Bertz CT molecular complexity index is 464. The molecule has 1 unspecified atom stereocenters. The van der Waals surface area contributed by atoms with E-state index in [4.69, 9.17) is 33.0 Å². The number of halogens is 2. The van der Waals surface area contributed by atoms with Crippen molar-refractivity contribution in [2.75, 3.05) is 6.61 Å². The highest BCUT2D eigenvalue weighted by Crippen LogP contribution is 2.26. The van der Waals surface area contributed by atoms with Crippen LogP contribution in [-0.2, 0) is 9.59 Å². The van der Waals surface area contributed by atoms with Gasteiger partial charge in [0.05, 0.1) is 10.0 Å². The van der Waals surface area contributed by atoms with Crippen molar-refractivity contribution < 1.29 is 19.4 Å². The lowest BCUT2D eigenvalue weighted by Gasteiger charge is -2.10. The minimum atomic E-state index is -1.11. The van der Waals surface area contributed by atoms with Crippen LogP contribution >= 0.6 is 23.2 Å². The van der Waals surface area contributed by atoms with Gasteiger partial charge in [-0.25, -0.2) is 0 Å². The number of nitrogens with one attached hydrogen (secondary N) is 1. The van der Waals surface area contributed by atoms with Gasteiger partial charge in [0.1, 0.15) is 11.8 Å². The predicted molar refractivity (Wildman–Crippen MR) is 67.2 cm³/mol. The summed E-state index contributed by atoms with van der Waals surface area (Å²) >= 11 is 11.5. The van der Waals surface area contributed by atoms with Crippen LogP contribution in [0.25, 0.3) is 0 Å². The minimum Gasteiger partial charge on any atom is -0.484 e. The van der Waals surface area contributed by atoms with Crippen LogP contribution in [0.1, 0.15) is 6.92 Å². The van der Waals surface area contributed by atoms with Crippen LogP contribution in [-0.4, -0.2) is 29.6 Å². The molecular weight excluding hydrogens is 281 g/mol. The zero-order chi connectivity index (χ0) is 13.7. The Morgan fingerprint density at radius 3 is 2.61 bits per heavy atom. The van der Waals surface area contributed by atoms with Crippen molar-refractivity contribution in [3.05, 3.63) is 28.2 Å². The fraction of sp³-hybridized carbons (Fsp3) is 0.273. The number of amides is 1. The molecular formula is C11H11Cl2NO4. The number of benzene rings is 1. The van der Waals surface area contributed by atoms with E-state index in [-0.39, 0.29) is 6.61 Å². The van der Waals surface area contributed by atoms with Crippen molar-refractivity contribution in [2.45, 2.75) is 13.0 Å². The molecule has 0 bridgehead atoms.